The molecule has 13 heteroatoms. The van der Waals surface area contributed by atoms with E-state index in [9.17, 15) is 18.4 Å². The summed E-state index contributed by atoms with van der Waals surface area (Å²) >= 11 is 14.0. The van der Waals surface area contributed by atoms with E-state index in [0.29, 0.717) is 35.9 Å². The highest BCUT2D eigenvalue weighted by molar-refractivity contribution is 8.00. The van der Waals surface area contributed by atoms with Crippen molar-refractivity contribution in [3.63, 3.8) is 0 Å². The summed E-state index contributed by atoms with van der Waals surface area (Å²) < 4.78 is 42.7. The third-order valence-corrected chi connectivity index (χ3v) is 8.40. The van der Waals surface area contributed by atoms with Gasteiger partial charge in [-0.1, -0.05) is 35.3 Å². The predicted molar refractivity (Wildman–Crippen MR) is 150 cm³/mol. The molecule has 5 rings (SSSR count). The standard InChI is InChI=1S/C28H25Cl2F2N3O5S/c29-19-13-33-14-20(30)18(19)12-23(17-6-7-22(40-28(31)32)24(11-17)38-15-16-4-5-16)39-27(37)26-35(9-10-41-26)25(36)21-3-1-2-8-34-21/h1-3,6-8,11,13-14,16,23,26,28H,4-5,9-10,12,15H2/t23-,26?/m0/s1. The number of thioether (sulfide) groups is 1. The average Bonchev–Trinajstić information content (AvgIpc) is 3.66. The highest BCUT2D eigenvalue weighted by Gasteiger charge is 2.38. The summed E-state index contributed by atoms with van der Waals surface area (Å²) in [4.78, 5) is 36.2. The molecular weight excluding hydrogens is 599 g/mol. The maximum absolute atomic E-state index is 13.6. The summed E-state index contributed by atoms with van der Waals surface area (Å²) in [5.74, 6) is -0.194. The third kappa shape index (κ3) is 7.38. The number of nitrogens with zero attached hydrogens (tertiary/aromatic N) is 3. The van der Waals surface area contributed by atoms with Crippen LogP contribution in [0.4, 0.5) is 8.78 Å². The molecule has 2 fully saturated rings. The number of hydrogen-bond donors (Lipinski definition) is 0. The molecule has 1 aliphatic heterocycles. The molecule has 0 N–H and O–H groups in total. The van der Waals surface area contributed by atoms with Gasteiger partial charge in [0, 0.05) is 37.3 Å². The summed E-state index contributed by atoms with van der Waals surface area (Å²) in [6, 6.07) is 9.35. The number of aromatic nitrogens is 2. The number of carbonyl (C=O) groups is 2. The molecule has 1 saturated heterocycles. The number of rotatable bonds is 11. The molecule has 3 aromatic rings. The molecule has 2 atom stereocenters. The average molecular weight is 624 g/mol. The van der Waals surface area contributed by atoms with Gasteiger partial charge in [-0.05, 0) is 54.2 Å². The van der Waals surface area contributed by atoms with Gasteiger partial charge in [0.1, 0.15) is 11.8 Å². The van der Waals surface area contributed by atoms with Crippen LogP contribution in [-0.4, -0.2) is 57.6 Å². The SMILES string of the molecule is O=C(O[C@@H](Cc1c(Cl)cncc1Cl)c1ccc(OC(F)F)c(OCC2CC2)c1)C1SCCN1C(=O)c1ccccn1. The normalized spacial score (nSPS) is 17.4. The first kappa shape index (κ1) is 29.3. The molecule has 3 heterocycles. The number of amides is 1. The Morgan fingerprint density at radius 3 is 2.56 bits per heavy atom. The van der Waals surface area contributed by atoms with Gasteiger partial charge in [-0.2, -0.15) is 8.78 Å². The Kier molecular flexibility index (Phi) is 9.46. The Morgan fingerprint density at radius 2 is 1.88 bits per heavy atom. The maximum Gasteiger partial charge on any atom is 0.387 e. The van der Waals surface area contributed by atoms with Crippen molar-refractivity contribution in [1.82, 2.24) is 14.9 Å². The van der Waals surface area contributed by atoms with Crippen molar-refractivity contribution in [3.8, 4) is 11.5 Å². The van der Waals surface area contributed by atoms with Crippen LogP contribution in [0.15, 0.2) is 55.0 Å². The van der Waals surface area contributed by atoms with Gasteiger partial charge >= 0.3 is 12.6 Å². The molecule has 0 bridgehead atoms. The highest BCUT2D eigenvalue weighted by Crippen LogP contribution is 2.38. The van der Waals surface area contributed by atoms with Crippen LogP contribution in [0.3, 0.4) is 0 Å². The third-order valence-electron chi connectivity index (χ3n) is 6.56. The van der Waals surface area contributed by atoms with Crippen LogP contribution in [0.1, 0.15) is 40.6 Å². The Bertz CT molecular complexity index is 1380. The largest absolute Gasteiger partial charge is 0.489 e. The van der Waals surface area contributed by atoms with Crippen LogP contribution in [-0.2, 0) is 16.0 Å². The molecule has 41 heavy (non-hydrogen) atoms. The Balaban J connectivity index is 1.44. The second kappa shape index (κ2) is 13.2. The smallest absolute Gasteiger partial charge is 0.387 e. The lowest BCUT2D eigenvalue weighted by atomic mass is 10.0. The second-order valence-electron chi connectivity index (χ2n) is 9.49. The molecule has 2 aliphatic rings. The van der Waals surface area contributed by atoms with E-state index < -0.39 is 30.0 Å². The number of ether oxygens (including phenoxy) is 3. The van der Waals surface area contributed by atoms with E-state index in [1.165, 1.54) is 53.5 Å². The number of esters is 1. The van der Waals surface area contributed by atoms with Crippen molar-refractivity contribution in [2.45, 2.75) is 37.4 Å². The quantitative estimate of drug-likeness (QED) is 0.233. The lowest BCUT2D eigenvalue weighted by Gasteiger charge is -2.26. The first-order valence-corrected chi connectivity index (χ1v) is 14.6. The van der Waals surface area contributed by atoms with Crippen LogP contribution in [0, 0.1) is 5.92 Å². The number of pyridine rings is 2. The lowest BCUT2D eigenvalue weighted by Crippen LogP contribution is -2.41. The molecule has 0 radical (unpaired) electrons. The van der Waals surface area contributed by atoms with Gasteiger partial charge in [-0.3, -0.25) is 14.8 Å². The van der Waals surface area contributed by atoms with Gasteiger partial charge < -0.3 is 19.1 Å². The topological polar surface area (TPSA) is 90.9 Å². The minimum Gasteiger partial charge on any atom is -0.489 e. The van der Waals surface area contributed by atoms with Crippen LogP contribution in [0.25, 0.3) is 0 Å². The van der Waals surface area contributed by atoms with Crippen molar-refractivity contribution >= 4 is 46.8 Å². The van der Waals surface area contributed by atoms with Gasteiger partial charge in [0.05, 0.1) is 16.7 Å². The van der Waals surface area contributed by atoms with Crippen molar-refractivity contribution in [1.29, 1.82) is 0 Å². The fourth-order valence-corrected chi connectivity index (χ4v) is 5.89. The van der Waals surface area contributed by atoms with E-state index in [1.807, 2.05) is 0 Å². The monoisotopic (exact) mass is 623 g/mol. The van der Waals surface area contributed by atoms with Crippen LogP contribution >= 0.6 is 35.0 Å². The van der Waals surface area contributed by atoms with Gasteiger partial charge in [0.15, 0.2) is 16.9 Å². The van der Waals surface area contributed by atoms with Gasteiger partial charge in [0.25, 0.3) is 5.91 Å². The molecule has 216 valence electrons. The summed E-state index contributed by atoms with van der Waals surface area (Å²) in [5.41, 5.74) is 1.14. The zero-order valence-electron chi connectivity index (χ0n) is 21.6. The van der Waals surface area contributed by atoms with Gasteiger partial charge in [0.2, 0.25) is 0 Å². The highest BCUT2D eigenvalue weighted by atomic mass is 35.5. The van der Waals surface area contributed by atoms with Crippen molar-refractivity contribution in [2.75, 3.05) is 18.9 Å². The van der Waals surface area contributed by atoms with E-state index in [2.05, 4.69) is 14.7 Å². The van der Waals surface area contributed by atoms with E-state index >= 15 is 0 Å². The molecule has 1 aliphatic carbocycles. The minimum atomic E-state index is -3.05. The van der Waals surface area contributed by atoms with Gasteiger partial charge in [-0.15, -0.1) is 11.8 Å². The summed E-state index contributed by atoms with van der Waals surface area (Å²) in [6.07, 6.45) is 5.43. The fraction of sp³-hybridized carbons (Fsp3) is 0.357. The van der Waals surface area contributed by atoms with Crippen molar-refractivity contribution < 1.29 is 32.6 Å². The molecule has 2 aromatic heterocycles. The minimum absolute atomic E-state index is 0.0502. The predicted octanol–water partition coefficient (Wildman–Crippen LogP) is 6.22. The lowest BCUT2D eigenvalue weighted by molar-refractivity contribution is -0.151. The molecule has 1 aromatic carbocycles. The maximum atomic E-state index is 13.6. The number of alkyl halides is 2. The second-order valence-corrected chi connectivity index (χ2v) is 11.5. The molecule has 0 spiro atoms. The van der Waals surface area contributed by atoms with Crippen molar-refractivity contribution in [2.24, 2.45) is 5.92 Å². The molecule has 1 saturated carbocycles. The Labute approximate surface area is 249 Å². The van der Waals surface area contributed by atoms with Crippen molar-refractivity contribution in [3.05, 3.63) is 81.9 Å². The number of hydrogen-bond acceptors (Lipinski definition) is 8. The number of benzene rings is 1. The van der Waals surface area contributed by atoms with E-state index in [-0.39, 0.29) is 33.7 Å². The Hall–Kier alpha value is -3.15. The van der Waals surface area contributed by atoms with E-state index in [0.717, 1.165) is 12.8 Å². The van der Waals surface area contributed by atoms with E-state index in [4.69, 9.17) is 32.7 Å². The molecule has 8 nitrogen and oxygen atoms in total. The summed E-state index contributed by atoms with van der Waals surface area (Å²) in [5, 5.41) is -0.380. The first-order chi connectivity index (χ1) is 19.8. The fourth-order valence-electron chi connectivity index (χ4n) is 4.28. The summed E-state index contributed by atoms with van der Waals surface area (Å²) in [6.45, 7) is -2.36. The molecular formula is C28H25Cl2F2N3O5S. The van der Waals surface area contributed by atoms with Crippen LogP contribution in [0.2, 0.25) is 10.0 Å². The number of halogens is 4. The number of carbonyl (C=O) groups excluding carboxylic acids is 2. The Morgan fingerprint density at radius 1 is 1.10 bits per heavy atom. The zero-order valence-corrected chi connectivity index (χ0v) is 23.9. The van der Waals surface area contributed by atoms with Crippen LogP contribution < -0.4 is 9.47 Å². The van der Waals surface area contributed by atoms with E-state index in [1.54, 1.807) is 18.2 Å². The zero-order chi connectivity index (χ0) is 28.9. The summed E-state index contributed by atoms with van der Waals surface area (Å²) in [7, 11) is 0. The molecule has 1 unspecified atom stereocenters. The first-order valence-electron chi connectivity index (χ1n) is 12.8. The van der Waals surface area contributed by atoms with Gasteiger partial charge in [-0.25, -0.2) is 4.79 Å². The molecule has 1 amide bonds. The van der Waals surface area contributed by atoms with Crippen LogP contribution in [0.5, 0.6) is 11.5 Å².